The molecule has 0 aliphatic heterocycles. The van der Waals surface area contributed by atoms with Crippen LogP contribution in [0.5, 0.6) is 17.2 Å². The van der Waals surface area contributed by atoms with Crippen molar-refractivity contribution < 1.29 is 14.6 Å². The summed E-state index contributed by atoms with van der Waals surface area (Å²) < 4.78 is 11.8. The van der Waals surface area contributed by atoms with Crippen LogP contribution in [0.25, 0.3) is 0 Å². The monoisotopic (exact) mass is 521 g/mol. The van der Waals surface area contributed by atoms with Crippen molar-refractivity contribution in [2.24, 2.45) is 10.8 Å². The fraction of sp³-hybridized carbons (Fsp3) is 0.125. The topological polar surface area (TPSA) is 80.3 Å². The summed E-state index contributed by atoms with van der Waals surface area (Å²) in [7, 11) is 2.98. The number of thiocarbonyl (C=S) groups is 1. The molecule has 0 radical (unpaired) electrons. The molecule has 0 fully saturated rings. The van der Waals surface area contributed by atoms with Gasteiger partial charge < -0.3 is 20.3 Å². The Balaban J connectivity index is 2.53. The Morgan fingerprint density at radius 1 is 1.23 bits per heavy atom. The number of nitrogens with zero attached hydrogens (tertiary/aromatic N) is 2. The zero-order valence-corrected chi connectivity index (χ0v) is 18.4. The summed E-state index contributed by atoms with van der Waals surface area (Å²) in [6.45, 7) is 0. The van der Waals surface area contributed by atoms with Crippen molar-refractivity contribution in [3.63, 3.8) is 0 Å². The number of benzene rings is 2. The van der Waals surface area contributed by atoms with Crippen LogP contribution in [-0.4, -0.2) is 30.7 Å². The van der Waals surface area contributed by atoms with Gasteiger partial charge in [-0.3, -0.25) is 0 Å². The van der Waals surface area contributed by atoms with Crippen LogP contribution >= 0.6 is 55.7 Å². The molecule has 6 nitrogen and oxygen atoms in total. The minimum Gasteiger partial charge on any atom is -0.506 e. The van der Waals surface area contributed by atoms with Crippen LogP contribution in [0.15, 0.2) is 38.3 Å². The second kappa shape index (κ2) is 8.90. The molecule has 0 aliphatic carbocycles. The van der Waals surface area contributed by atoms with Gasteiger partial charge >= 0.3 is 0 Å². The Morgan fingerprint density at radius 2 is 1.88 bits per heavy atom. The summed E-state index contributed by atoms with van der Waals surface area (Å²) in [6.07, 6.45) is 1.42. The molecule has 0 amide bonds. The Labute approximate surface area is 177 Å². The number of hydrogen-bond acceptors (Lipinski definition) is 5. The lowest BCUT2D eigenvalue weighted by atomic mass is 10.2. The number of nitrogens with two attached hydrogens (primary N) is 1. The lowest BCUT2D eigenvalue weighted by Gasteiger charge is -2.21. The number of aromatic hydroxyl groups is 1. The summed E-state index contributed by atoms with van der Waals surface area (Å²) in [4.78, 5) is 0. The fourth-order valence-corrected chi connectivity index (χ4v) is 3.69. The number of anilines is 1. The van der Waals surface area contributed by atoms with E-state index in [0.717, 1.165) is 4.47 Å². The van der Waals surface area contributed by atoms with Crippen LogP contribution < -0.4 is 20.2 Å². The summed E-state index contributed by atoms with van der Waals surface area (Å²) >= 11 is 17.9. The molecule has 2 aromatic carbocycles. The second-order valence-corrected chi connectivity index (χ2v) is 7.47. The van der Waals surface area contributed by atoms with E-state index in [1.54, 1.807) is 24.3 Å². The molecule has 0 saturated carbocycles. The molecule has 0 bridgehead atoms. The van der Waals surface area contributed by atoms with Gasteiger partial charge in [0.1, 0.15) is 22.9 Å². The van der Waals surface area contributed by atoms with Gasteiger partial charge in [-0.25, -0.2) is 5.01 Å². The molecule has 10 heteroatoms. The van der Waals surface area contributed by atoms with Crippen LogP contribution in [0.1, 0.15) is 5.56 Å². The van der Waals surface area contributed by atoms with Gasteiger partial charge in [-0.1, -0.05) is 27.5 Å². The predicted octanol–water partition coefficient (Wildman–Crippen LogP) is 4.67. The first kappa shape index (κ1) is 20.8. The number of phenolic OH excluding ortho intramolecular Hbond substituents is 1. The van der Waals surface area contributed by atoms with Gasteiger partial charge in [0.2, 0.25) is 0 Å². The van der Waals surface area contributed by atoms with E-state index in [0.29, 0.717) is 32.2 Å². The first-order valence-corrected chi connectivity index (χ1v) is 9.38. The van der Waals surface area contributed by atoms with Crippen LogP contribution in [0.2, 0.25) is 5.02 Å². The molecule has 26 heavy (non-hydrogen) atoms. The van der Waals surface area contributed by atoms with E-state index in [9.17, 15) is 5.11 Å². The summed E-state index contributed by atoms with van der Waals surface area (Å²) in [5.41, 5.74) is 6.70. The van der Waals surface area contributed by atoms with E-state index in [4.69, 9.17) is 39.0 Å². The van der Waals surface area contributed by atoms with Gasteiger partial charge in [0.05, 0.1) is 29.9 Å². The number of hydrogen-bond donors (Lipinski definition) is 2. The van der Waals surface area contributed by atoms with Crippen molar-refractivity contribution >= 4 is 72.7 Å². The molecule has 0 spiro atoms. The van der Waals surface area contributed by atoms with Crippen LogP contribution in [-0.2, 0) is 0 Å². The van der Waals surface area contributed by atoms with E-state index in [-0.39, 0.29) is 10.9 Å². The molecule has 2 rings (SSSR count). The molecule has 2 aromatic rings. The maximum atomic E-state index is 10.2. The lowest BCUT2D eigenvalue weighted by molar-refractivity contribution is 0.404. The number of ether oxygens (including phenoxy) is 2. The zero-order chi connectivity index (χ0) is 19.4. The molecular weight excluding hydrogens is 510 g/mol. The average molecular weight is 524 g/mol. The van der Waals surface area contributed by atoms with E-state index < -0.39 is 0 Å². The van der Waals surface area contributed by atoms with Crippen LogP contribution in [0.4, 0.5) is 5.69 Å². The fourth-order valence-electron chi connectivity index (χ4n) is 2.05. The average Bonchev–Trinajstić information content (AvgIpc) is 2.59. The summed E-state index contributed by atoms with van der Waals surface area (Å²) in [5.74, 6) is 0.841. The highest BCUT2D eigenvalue weighted by Crippen LogP contribution is 2.38. The Hall–Kier alpha value is -1.55. The highest BCUT2D eigenvalue weighted by atomic mass is 79.9. The molecule has 138 valence electrons. The molecular formula is C16H14Br2ClN3O3S. The van der Waals surface area contributed by atoms with Crippen molar-refractivity contribution in [2.45, 2.75) is 0 Å². The summed E-state index contributed by atoms with van der Waals surface area (Å²) in [6, 6.07) is 6.59. The second-order valence-electron chi connectivity index (χ2n) is 4.88. The minimum absolute atomic E-state index is 0.0282. The Kier molecular flexibility index (Phi) is 7.10. The largest absolute Gasteiger partial charge is 0.506 e. The normalized spacial score (nSPS) is 10.8. The van der Waals surface area contributed by atoms with E-state index in [1.807, 2.05) is 0 Å². The van der Waals surface area contributed by atoms with Crippen LogP contribution in [0, 0.1) is 0 Å². The molecule has 0 saturated heterocycles. The molecule has 0 aromatic heterocycles. The minimum atomic E-state index is -0.0301. The number of phenols is 1. The summed E-state index contributed by atoms with van der Waals surface area (Å²) in [5, 5.41) is 16.1. The Morgan fingerprint density at radius 3 is 2.46 bits per heavy atom. The number of methoxy groups -OCH3 is 2. The lowest BCUT2D eigenvalue weighted by Crippen LogP contribution is -2.31. The van der Waals surface area contributed by atoms with Crippen molar-refractivity contribution in [2.75, 3.05) is 19.2 Å². The van der Waals surface area contributed by atoms with Gasteiger partial charge in [0.25, 0.3) is 0 Å². The SMILES string of the molecule is COc1cc(N(/N=C\c2cc(Br)cc(Br)c2O)C(N)=S)c(OC)cc1Cl. The van der Waals surface area contributed by atoms with E-state index >= 15 is 0 Å². The van der Waals surface area contributed by atoms with Crippen molar-refractivity contribution in [1.29, 1.82) is 0 Å². The number of rotatable bonds is 5. The molecule has 3 N–H and O–H groups in total. The van der Waals surface area contributed by atoms with Crippen LogP contribution in [0.3, 0.4) is 0 Å². The van der Waals surface area contributed by atoms with Gasteiger partial charge in [0.15, 0.2) is 5.11 Å². The van der Waals surface area contributed by atoms with Gasteiger partial charge in [-0.15, -0.1) is 0 Å². The smallest absolute Gasteiger partial charge is 0.191 e. The number of hydrazone groups is 1. The zero-order valence-electron chi connectivity index (χ0n) is 13.7. The standard InChI is InChI=1S/C16H14Br2ClN3O3S/c1-24-13-6-12(14(25-2)5-11(13)19)22(16(20)26)21-7-8-3-9(17)4-10(18)15(8)23/h3-7,23H,1-2H3,(H2,20,26)/b21-7-. The van der Waals surface area contributed by atoms with Gasteiger partial charge in [-0.2, -0.15) is 5.10 Å². The molecule has 0 atom stereocenters. The van der Waals surface area contributed by atoms with E-state index in [1.165, 1.54) is 25.4 Å². The third-order valence-electron chi connectivity index (χ3n) is 3.26. The Bertz CT molecular complexity index is 880. The van der Waals surface area contributed by atoms with Crippen molar-refractivity contribution in [3.8, 4) is 17.2 Å². The van der Waals surface area contributed by atoms with Crippen molar-refractivity contribution in [1.82, 2.24) is 0 Å². The highest BCUT2D eigenvalue weighted by Gasteiger charge is 2.18. The molecule has 0 unspecified atom stereocenters. The van der Waals surface area contributed by atoms with E-state index in [2.05, 4.69) is 37.0 Å². The first-order chi connectivity index (χ1) is 12.3. The number of halogens is 3. The molecule has 0 heterocycles. The first-order valence-electron chi connectivity index (χ1n) is 7.01. The maximum Gasteiger partial charge on any atom is 0.191 e. The van der Waals surface area contributed by atoms with Gasteiger partial charge in [-0.05, 0) is 40.3 Å². The van der Waals surface area contributed by atoms with Gasteiger partial charge in [0, 0.05) is 22.2 Å². The highest BCUT2D eigenvalue weighted by molar-refractivity contribution is 9.11. The third-order valence-corrected chi connectivity index (χ3v) is 4.79. The quantitative estimate of drug-likeness (QED) is 0.337. The van der Waals surface area contributed by atoms with Crippen molar-refractivity contribution in [3.05, 3.63) is 43.8 Å². The predicted molar refractivity (Wildman–Crippen MR) is 115 cm³/mol. The molecule has 0 aliphatic rings. The third kappa shape index (κ3) is 4.59. The maximum absolute atomic E-state index is 10.2.